The number of hydrogen-bond donors (Lipinski definition) is 1. The minimum atomic E-state index is -3.75. The lowest BCUT2D eigenvalue weighted by molar-refractivity contribution is 0.352. The minimum Gasteiger partial charge on any atom is -0.496 e. The first-order valence-electron chi connectivity index (χ1n) is 10.9. The number of hydrogen-bond acceptors (Lipinski definition) is 5. The second-order valence-electron chi connectivity index (χ2n) is 8.30. The van der Waals surface area contributed by atoms with E-state index in [2.05, 4.69) is 10.1 Å². The zero-order valence-electron chi connectivity index (χ0n) is 19.0. The second kappa shape index (κ2) is 8.87. The van der Waals surface area contributed by atoms with E-state index >= 15 is 0 Å². The van der Waals surface area contributed by atoms with Crippen LogP contribution in [-0.2, 0) is 10.0 Å². The molecular weight excluding hydrogens is 486 g/mol. The average Bonchev–Trinajstić information content (AvgIpc) is 3.29. The topological polar surface area (TPSA) is 91.8 Å². The largest absolute Gasteiger partial charge is 0.496 e. The van der Waals surface area contributed by atoms with Gasteiger partial charge in [-0.1, -0.05) is 60.1 Å². The van der Waals surface area contributed by atoms with Crippen LogP contribution in [0.25, 0.3) is 22.0 Å². The lowest BCUT2D eigenvalue weighted by atomic mass is 9.91. The SMILES string of the molecule is COc1ccccc1[C@@H]1CC(c2c(-c3ccccc3)c3cc(Cl)ccc3[nH]c2=O)=NN1S(C)(=O)=O. The van der Waals surface area contributed by atoms with Gasteiger partial charge in [0.05, 0.1) is 30.7 Å². The fourth-order valence-corrected chi connectivity index (χ4v) is 5.63. The molecule has 4 aromatic rings. The number of sulfonamides is 1. The molecule has 178 valence electrons. The number of nitrogens with one attached hydrogen (secondary N) is 1. The molecule has 0 amide bonds. The van der Waals surface area contributed by atoms with Crippen molar-refractivity contribution in [1.29, 1.82) is 0 Å². The summed E-state index contributed by atoms with van der Waals surface area (Å²) in [6, 6.07) is 21.3. The molecule has 5 rings (SSSR count). The molecule has 1 aliphatic heterocycles. The van der Waals surface area contributed by atoms with Crippen molar-refractivity contribution in [2.75, 3.05) is 13.4 Å². The monoisotopic (exact) mass is 507 g/mol. The molecule has 0 radical (unpaired) electrons. The van der Waals surface area contributed by atoms with Crippen molar-refractivity contribution in [3.05, 3.63) is 99.3 Å². The van der Waals surface area contributed by atoms with Gasteiger partial charge >= 0.3 is 0 Å². The Kier molecular flexibility index (Phi) is 5.86. The Labute approximate surface area is 207 Å². The molecule has 7 nitrogen and oxygen atoms in total. The number of aromatic nitrogens is 1. The fourth-order valence-electron chi connectivity index (χ4n) is 4.56. The van der Waals surface area contributed by atoms with Crippen LogP contribution in [0.3, 0.4) is 0 Å². The Hall–Kier alpha value is -3.62. The van der Waals surface area contributed by atoms with Crippen LogP contribution in [0.4, 0.5) is 0 Å². The summed E-state index contributed by atoms with van der Waals surface area (Å²) in [4.78, 5) is 16.4. The molecule has 9 heteroatoms. The van der Waals surface area contributed by atoms with Gasteiger partial charge in [-0.25, -0.2) is 8.42 Å². The summed E-state index contributed by atoms with van der Waals surface area (Å²) in [5, 5.41) is 5.75. The third-order valence-corrected chi connectivity index (χ3v) is 7.29. The molecule has 0 bridgehead atoms. The lowest BCUT2D eigenvalue weighted by Gasteiger charge is -2.23. The first kappa shape index (κ1) is 23.1. The van der Waals surface area contributed by atoms with E-state index in [9.17, 15) is 13.2 Å². The first-order chi connectivity index (χ1) is 16.8. The molecule has 1 N–H and O–H groups in total. The van der Waals surface area contributed by atoms with Crippen molar-refractivity contribution in [1.82, 2.24) is 9.40 Å². The van der Waals surface area contributed by atoms with Gasteiger partial charge in [-0.05, 0) is 29.8 Å². The maximum atomic E-state index is 13.5. The Balaban J connectivity index is 1.78. The third-order valence-electron chi connectivity index (χ3n) is 6.04. The molecule has 1 aliphatic rings. The summed E-state index contributed by atoms with van der Waals surface area (Å²) in [5.41, 5.74) is 3.08. The summed E-state index contributed by atoms with van der Waals surface area (Å²) in [6.45, 7) is 0. The van der Waals surface area contributed by atoms with Gasteiger partial charge < -0.3 is 9.72 Å². The third kappa shape index (κ3) is 4.19. The van der Waals surface area contributed by atoms with Crippen LogP contribution in [0, 0.1) is 0 Å². The van der Waals surface area contributed by atoms with Gasteiger partial charge in [-0.2, -0.15) is 9.52 Å². The van der Waals surface area contributed by atoms with E-state index in [0.29, 0.717) is 38.7 Å². The Bertz CT molecular complexity index is 1630. The molecule has 2 heterocycles. The fraction of sp³-hybridized carbons (Fsp3) is 0.154. The summed E-state index contributed by atoms with van der Waals surface area (Å²) >= 11 is 6.33. The van der Waals surface area contributed by atoms with E-state index < -0.39 is 16.1 Å². The van der Waals surface area contributed by atoms with Crippen LogP contribution >= 0.6 is 11.6 Å². The summed E-state index contributed by atoms with van der Waals surface area (Å²) in [5.74, 6) is 0.546. The number of ether oxygens (including phenoxy) is 1. The first-order valence-corrected chi connectivity index (χ1v) is 13.1. The Morgan fingerprint density at radius 3 is 2.46 bits per heavy atom. The van der Waals surface area contributed by atoms with Crippen LogP contribution < -0.4 is 10.3 Å². The number of benzene rings is 3. The second-order valence-corrected chi connectivity index (χ2v) is 10.6. The number of fused-ring (bicyclic) bond motifs is 1. The summed E-state index contributed by atoms with van der Waals surface area (Å²) in [7, 11) is -2.22. The van der Waals surface area contributed by atoms with Crippen LogP contribution in [0.1, 0.15) is 23.6 Å². The van der Waals surface area contributed by atoms with Crippen molar-refractivity contribution in [3.63, 3.8) is 0 Å². The van der Waals surface area contributed by atoms with Gasteiger partial charge in [0.25, 0.3) is 5.56 Å². The normalized spacial score (nSPS) is 15.9. The highest BCUT2D eigenvalue weighted by atomic mass is 35.5. The number of rotatable bonds is 5. The lowest BCUT2D eigenvalue weighted by Crippen LogP contribution is -2.26. The number of H-pyrrole nitrogens is 1. The molecule has 0 fully saturated rings. The average molecular weight is 508 g/mol. The number of nitrogens with zero attached hydrogens (tertiary/aromatic N) is 2. The van der Waals surface area contributed by atoms with Gasteiger partial charge in [-0.3, -0.25) is 4.79 Å². The smallest absolute Gasteiger partial charge is 0.258 e. The molecule has 35 heavy (non-hydrogen) atoms. The zero-order valence-corrected chi connectivity index (χ0v) is 20.6. The molecule has 0 aliphatic carbocycles. The van der Waals surface area contributed by atoms with Gasteiger partial charge in [0.1, 0.15) is 5.75 Å². The standard InChI is InChI=1S/C26H22ClN3O4S/c1-34-23-11-7-6-10-18(23)22-15-21(29-30(22)35(2,32)33)25-24(16-8-4-3-5-9-16)19-14-17(27)12-13-20(19)28-26(25)31/h3-14,22H,15H2,1-2H3,(H,28,31)/t22-/m0/s1. The van der Waals surface area contributed by atoms with Crippen LogP contribution in [0.15, 0.2) is 82.7 Å². The van der Waals surface area contributed by atoms with E-state index in [1.807, 2.05) is 48.5 Å². The van der Waals surface area contributed by atoms with Gasteiger partial charge in [0.15, 0.2) is 0 Å². The Morgan fingerprint density at radius 1 is 1.03 bits per heavy atom. The van der Waals surface area contributed by atoms with Gasteiger partial charge in [0, 0.05) is 33.5 Å². The molecule has 0 unspecified atom stereocenters. The molecular formula is C26H22ClN3O4S. The maximum Gasteiger partial charge on any atom is 0.258 e. The van der Waals surface area contributed by atoms with Crippen LogP contribution in [0.2, 0.25) is 5.02 Å². The van der Waals surface area contributed by atoms with E-state index in [1.54, 1.807) is 24.3 Å². The molecule has 0 saturated heterocycles. The summed E-state index contributed by atoms with van der Waals surface area (Å²) in [6.07, 6.45) is 1.30. The van der Waals surface area contributed by atoms with E-state index in [4.69, 9.17) is 16.3 Å². The quantitative estimate of drug-likeness (QED) is 0.413. The molecule has 1 atom stereocenters. The van der Waals surface area contributed by atoms with Gasteiger partial charge in [0.2, 0.25) is 10.0 Å². The molecule has 3 aromatic carbocycles. The van der Waals surface area contributed by atoms with Crippen molar-refractivity contribution < 1.29 is 13.2 Å². The van der Waals surface area contributed by atoms with Gasteiger partial charge in [-0.15, -0.1) is 0 Å². The van der Waals surface area contributed by atoms with Crippen molar-refractivity contribution in [2.24, 2.45) is 5.10 Å². The Morgan fingerprint density at radius 2 is 1.74 bits per heavy atom. The number of pyridine rings is 1. The van der Waals surface area contributed by atoms with Crippen LogP contribution in [-0.4, -0.2) is 36.9 Å². The van der Waals surface area contributed by atoms with E-state index in [1.165, 1.54) is 7.11 Å². The number of para-hydroxylation sites is 1. The van der Waals surface area contributed by atoms with Crippen LogP contribution in [0.5, 0.6) is 5.75 Å². The maximum absolute atomic E-state index is 13.5. The molecule has 0 saturated carbocycles. The van der Waals surface area contributed by atoms with Crippen molar-refractivity contribution >= 4 is 38.2 Å². The minimum absolute atomic E-state index is 0.197. The highest BCUT2D eigenvalue weighted by Gasteiger charge is 2.37. The van der Waals surface area contributed by atoms with E-state index in [-0.39, 0.29) is 12.0 Å². The number of halogens is 1. The number of methoxy groups -OCH3 is 1. The summed E-state index contributed by atoms with van der Waals surface area (Å²) < 4.78 is 32.1. The number of hydrazone groups is 1. The van der Waals surface area contributed by atoms with E-state index in [0.717, 1.165) is 21.6 Å². The zero-order chi connectivity index (χ0) is 24.7. The van der Waals surface area contributed by atoms with Crippen molar-refractivity contribution in [2.45, 2.75) is 12.5 Å². The predicted octanol–water partition coefficient (Wildman–Crippen LogP) is 4.97. The molecule has 0 spiro atoms. The predicted molar refractivity (Wildman–Crippen MR) is 139 cm³/mol. The molecule has 1 aromatic heterocycles. The highest BCUT2D eigenvalue weighted by molar-refractivity contribution is 7.88. The number of aromatic amines is 1. The van der Waals surface area contributed by atoms with Crippen molar-refractivity contribution in [3.8, 4) is 16.9 Å². The highest BCUT2D eigenvalue weighted by Crippen LogP contribution is 2.40.